The average Bonchev–Trinajstić information content (AvgIpc) is 2.78. The van der Waals surface area contributed by atoms with Crippen molar-refractivity contribution in [3.05, 3.63) is 96.0 Å². The molecule has 1 heterocycles. The van der Waals surface area contributed by atoms with Crippen LogP contribution in [0.4, 0.5) is 0 Å². The Morgan fingerprint density at radius 2 is 1.55 bits per heavy atom. The molecular formula is C24H19NO3S. The van der Waals surface area contributed by atoms with E-state index in [1.54, 1.807) is 49.7 Å². The molecule has 0 saturated heterocycles. The average molecular weight is 401 g/mol. The van der Waals surface area contributed by atoms with Gasteiger partial charge in [0.05, 0.1) is 17.7 Å². The van der Waals surface area contributed by atoms with E-state index in [1.165, 1.54) is 5.41 Å². The molecule has 0 radical (unpaired) electrons. The number of pyridine rings is 1. The van der Waals surface area contributed by atoms with Crippen LogP contribution in [-0.2, 0) is 9.84 Å². The Balaban J connectivity index is 1.93. The highest BCUT2D eigenvalue weighted by Crippen LogP contribution is 2.35. The van der Waals surface area contributed by atoms with Crippen molar-refractivity contribution in [3.8, 4) is 17.0 Å². The molecule has 4 nitrogen and oxygen atoms in total. The summed E-state index contributed by atoms with van der Waals surface area (Å²) in [5.74, 6) is 0.677. The van der Waals surface area contributed by atoms with Gasteiger partial charge in [-0.05, 0) is 35.7 Å². The van der Waals surface area contributed by atoms with Crippen LogP contribution in [0.5, 0.6) is 5.75 Å². The number of nitrogens with zero attached hydrogens (tertiary/aromatic N) is 1. The van der Waals surface area contributed by atoms with Crippen LogP contribution in [0, 0.1) is 0 Å². The molecule has 0 atom stereocenters. The van der Waals surface area contributed by atoms with E-state index in [2.05, 4.69) is 4.98 Å². The second kappa shape index (κ2) is 7.89. The molecule has 0 amide bonds. The highest BCUT2D eigenvalue weighted by atomic mass is 32.2. The molecule has 0 saturated carbocycles. The summed E-state index contributed by atoms with van der Waals surface area (Å²) < 4.78 is 31.1. The Labute approximate surface area is 170 Å². The predicted octanol–water partition coefficient (Wildman–Crippen LogP) is 5.36. The first kappa shape index (κ1) is 18.9. The smallest absolute Gasteiger partial charge is 0.199 e. The fourth-order valence-electron chi connectivity index (χ4n) is 3.26. The van der Waals surface area contributed by atoms with Crippen LogP contribution in [0.2, 0.25) is 0 Å². The van der Waals surface area contributed by atoms with E-state index >= 15 is 0 Å². The Kier molecular flexibility index (Phi) is 5.14. The minimum absolute atomic E-state index is 0.253. The number of sulfone groups is 1. The number of para-hydroxylation sites is 1. The van der Waals surface area contributed by atoms with Crippen molar-refractivity contribution in [1.29, 1.82) is 0 Å². The number of rotatable bonds is 5. The van der Waals surface area contributed by atoms with Gasteiger partial charge in [0, 0.05) is 28.1 Å². The molecule has 3 aromatic carbocycles. The topological polar surface area (TPSA) is 56.3 Å². The van der Waals surface area contributed by atoms with Gasteiger partial charge < -0.3 is 4.74 Å². The second-order valence-corrected chi connectivity index (χ2v) is 8.30. The maximum Gasteiger partial charge on any atom is 0.199 e. The van der Waals surface area contributed by atoms with Gasteiger partial charge in [-0.1, -0.05) is 54.6 Å². The van der Waals surface area contributed by atoms with E-state index in [9.17, 15) is 8.42 Å². The van der Waals surface area contributed by atoms with Gasteiger partial charge in [0.15, 0.2) is 9.84 Å². The summed E-state index contributed by atoms with van der Waals surface area (Å²) in [5, 5.41) is 3.09. The van der Waals surface area contributed by atoms with Crippen molar-refractivity contribution in [1.82, 2.24) is 4.98 Å². The minimum atomic E-state index is -3.58. The van der Waals surface area contributed by atoms with Crippen molar-refractivity contribution < 1.29 is 13.2 Å². The molecule has 0 N–H and O–H groups in total. The molecule has 29 heavy (non-hydrogen) atoms. The first-order valence-corrected chi connectivity index (χ1v) is 10.6. The van der Waals surface area contributed by atoms with Crippen molar-refractivity contribution in [2.75, 3.05) is 7.11 Å². The minimum Gasteiger partial charge on any atom is -0.496 e. The zero-order valence-electron chi connectivity index (χ0n) is 15.8. The molecule has 5 heteroatoms. The standard InChI is InChI=1S/C24H19NO3S/c1-28-23-14-8-7-13-22(23)24-21(20-12-6-5-9-18(20)17-25-24)15-16-29(26,27)19-10-3-2-4-11-19/h2-17H,1H3/b16-15+. The largest absolute Gasteiger partial charge is 0.496 e. The molecule has 4 rings (SSSR count). The van der Waals surface area contributed by atoms with Gasteiger partial charge in [-0.2, -0.15) is 0 Å². The number of hydrogen-bond acceptors (Lipinski definition) is 4. The van der Waals surface area contributed by atoms with Crippen LogP contribution in [0.25, 0.3) is 28.1 Å². The van der Waals surface area contributed by atoms with Gasteiger partial charge in [-0.3, -0.25) is 4.98 Å². The molecule has 144 valence electrons. The van der Waals surface area contributed by atoms with Crippen molar-refractivity contribution in [2.24, 2.45) is 0 Å². The van der Waals surface area contributed by atoms with E-state index in [4.69, 9.17) is 4.74 Å². The fraction of sp³-hybridized carbons (Fsp3) is 0.0417. The van der Waals surface area contributed by atoms with Gasteiger partial charge in [0.2, 0.25) is 0 Å². The molecule has 0 aliphatic heterocycles. The first-order valence-electron chi connectivity index (χ1n) is 9.09. The van der Waals surface area contributed by atoms with Crippen LogP contribution >= 0.6 is 0 Å². The number of hydrogen-bond donors (Lipinski definition) is 0. The summed E-state index contributed by atoms with van der Waals surface area (Å²) in [6, 6.07) is 23.7. The van der Waals surface area contributed by atoms with E-state index in [-0.39, 0.29) is 4.90 Å². The zero-order valence-corrected chi connectivity index (χ0v) is 16.6. The van der Waals surface area contributed by atoms with Gasteiger partial charge in [0.25, 0.3) is 0 Å². The first-order chi connectivity index (χ1) is 14.1. The third kappa shape index (κ3) is 3.77. The molecule has 0 aliphatic rings. The van der Waals surface area contributed by atoms with Gasteiger partial charge in [-0.15, -0.1) is 0 Å². The van der Waals surface area contributed by atoms with Crippen molar-refractivity contribution >= 4 is 26.7 Å². The molecule has 0 unspecified atom stereocenters. The Hall–Kier alpha value is -3.44. The third-order valence-electron chi connectivity index (χ3n) is 4.69. The summed E-state index contributed by atoms with van der Waals surface area (Å²) >= 11 is 0. The van der Waals surface area contributed by atoms with Crippen LogP contribution in [0.15, 0.2) is 95.4 Å². The predicted molar refractivity (Wildman–Crippen MR) is 116 cm³/mol. The van der Waals surface area contributed by atoms with Crippen molar-refractivity contribution in [2.45, 2.75) is 4.90 Å². The zero-order chi connectivity index (χ0) is 20.3. The molecule has 4 aromatic rings. The van der Waals surface area contributed by atoms with Gasteiger partial charge in [0.1, 0.15) is 5.75 Å². The number of methoxy groups -OCH3 is 1. The maximum atomic E-state index is 12.8. The van der Waals surface area contributed by atoms with Crippen LogP contribution in [-0.4, -0.2) is 20.5 Å². The lowest BCUT2D eigenvalue weighted by atomic mass is 9.99. The number of fused-ring (bicyclic) bond motifs is 1. The van der Waals surface area contributed by atoms with Gasteiger partial charge >= 0.3 is 0 Å². The van der Waals surface area contributed by atoms with E-state index in [0.29, 0.717) is 11.4 Å². The fourth-order valence-corrected chi connectivity index (χ4v) is 4.26. The Bertz CT molecular complexity index is 1300. The lowest BCUT2D eigenvalue weighted by molar-refractivity contribution is 0.416. The summed E-state index contributed by atoms with van der Waals surface area (Å²) in [4.78, 5) is 4.89. The van der Waals surface area contributed by atoms with Crippen LogP contribution < -0.4 is 4.74 Å². The highest BCUT2D eigenvalue weighted by Gasteiger charge is 2.15. The number of aromatic nitrogens is 1. The molecule has 1 aromatic heterocycles. The van der Waals surface area contributed by atoms with E-state index in [0.717, 1.165) is 21.9 Å². The lowest BCUT2D eigenvalue weighted by Crippen LogP contribution is -1.97. The monoisotopic (exact) mass is 401 g/mol. The van der Waals surface area contributed by atoms with Crippen LogP contribution in [0.1, 0.15) is 5.56 Å². The summed E-state index contributed by atoms with van der Waals surface area (Å²) in [6.07, 6.45) is 3.42. The Morgan fingerprint density at radius 1 is 0.862 bits per heavy atom. The van der Waals surface area contributed by atoms with E-state index < -0.39 is 9.84 Å². The normalized spacial score (nSPS) is 11.8. The maximum absolute atomic E-state index is 12.8. The molecule has 0 aliphatic carbocycles. The Morgan fingerprint density at radius 3 is 2.34 bits per heavy atom. The highest BCUT2D eigenvalue weighted by molar-refractivity contribution is 7.94. The van der Waals surface area contributed by atoms with Crippen LogP contribution in [0.3, 0.4) is 0 Å². The van der Waals surface area contributed by atoms with E-state index in [1.807, 2.05) is 48.5 Å². The summed E-state index contributed by atoms with van der Waals surface area (Å²) in [7, 11) is -1.97. The molecule has 0 bridgehead atoms. The quantitative estimate of drug-likeness (QED) is 0.452. The lowest BCUT2D eigenvalue weighted by Gasteiger charge is -2.12. The second-order valence-electron chi connectivity index (χ2n) is 6.47. The SMILES string of the molecule is COc1ccccc1-c1ncc2ccccc2c1/C=C/S(=O)(=O)c1ccccc1. The molecular weight excluding hydrogens is 382 g/mol. The molecule has 0 spiro atoms. The number of ether oxygens (including phenoxy) is 1. The summed E-state index contributed by atoms with van der Waals surface area (Å²) in [6.45, 7) is 0. The van der Waals surface area contributed by atoms with Crippen molar-refractivity contribution in [3.63, 3.8) is 0 Å². The van der Waals surface area contributed by atoms with Gasteiger partial charge in [-0.25, -0.2) is 8.42 Å². The molecule has 0 fully saturated rings. The third-order valence-corrected chi connectivity index (χ3v) is 6.11. The summed E-state index contributed by atoms with van der Waals surface area (Å²) in [5.41, 5.74) is 2.20. The number of benzene rings is 3.